The predicted octanol–water partition coefficient (Wildman–Crippen LogP) is 2.58. The van der Waals surface area contributed by atoms with Gasteiger partial charge in [0, 0.05) is 31.1 Å². The third kappa shape index (κ3) is 4.24. The van der Waals surface area contributed by atoms with Crippen LogP contribution in [-0.4, -0.2) is 36.3 Å². The van der Waals surface area contributed by atoms with Gasteiger partial charge in [0.2, 0.25) is 5.91 Å². The quantitative estimate of drug-likeness (QED) is 0.870. The molecule has 2 aliphatic rings. The first-order valence-electron chi connectivity index (χ1n) is 8.45. The molecule has 0 bridgehead atoms. The Hall–Kier alpha value is -1.80. The van der Waals surface area contributed by atoms with E-state index in [0.29, 0.717) is 5.56 Å². The molecule has 2 N–H and O–H groups in total. The maximum Gasteiger partial charge on any atom is 0.573 e. The molecule has 0 radical (unpaired) electrons. The van der Waals surface area contributed by atoms with Crippen molar-refractivity contribution < 1.29 is 22.7 Å². The average molecular weight is 357 g/mol. The van der Waals surface area contributed by atoms with Gasteiger partial charge in [0.25, 0.3) is 0 Å². The summed E-state index contributed by atoms with van der Waals surface area (Å²) < 4.78 is 41.6. The molecule has 1 heterocycles. The molecule has 25 heavy (non-hydrogen) atoms. The zero-order valence-electron chi connectivity index (χ0n) is 14.0. The number of halogens is 3. The van der Waals surface area contributed by atoms with Crippen molar-refractivity contribution in [1.29, 1.82) is 0 Å². The van der Waals surface area contributed by atoms with Crippen molar-refractivity contribution in [2.45, 2.75) is 50.7 Å². The van der Waals surface area contributed by atoms with Crippen LogP contribution in [0.4, 0.5) is 13.2 Å². The van der Waals surface area contributed by atoms with Gasteiger partial charge in [0.15, 0.2) is 0 Å². The number of carbonyl (C=O) groups excluding carboxylic acids is 1. The number of hydrogen-bond donors (Lipinski definition) is 2. The second-order valence-electron chi connectivity index (χ2n) is 6.67. The number of hydrazine groups is 1. The first-order valence-corrected chi connectivity index (χ1v) is 8.45. The highest BCUT2D eigenvalue weighted by molar-refractivity contribution is 5.82. The number of alkyl halides is 3. The lowest BCUT2D eigenvalue weighted by Gasteiger charge is -2.29. The minimum absolute atomic E-state index is 0.0562. The zero-order valence-corrected chi connectivity index (χ0v) is 14.0. The lowest BCUT2D eigenvalue weighted by Crippen LogP contribution is -2.46. The number of fused-ring (bicyclic) bond motifs is 1. The highest BCUT2D eigenvalue weighted by atomic mass is 19.4. The monoisotopic (exact) mass is 357 g/mol. The molecule has 1 aliphatic heterocycles. The van der Waals surface area contributed by atoms with Gasteiger partial charge in [0.05, 0.1) is 0 Å². The van der Waals surface area contributed by atoms with Crippen molar-refractivity contribution in [3.05, 3.63) is 29.8 Å². The van der Waals surface area contributed by atoms with Crippen molar-refractivity contribution in [3.63, 3.8) is 0 Å². The van der Waals surface area contributed by atoms with E-state index in [1.807, 2.05) is 0 Å². The van der Waals surface area contributed by atoms with Crippen molar-refractivity contribution in [2.24, 2.45) is 5.92 Å². The summed E-state index contributed by atoms with van der Waals surface area (Å²) in [6.07, 6.45) is -0.504. The lowest BCUT2D eigenvalue weighted by atomic mass is 9.81. The highest BCUT2D eigenvalue weighted by Gasteiger charge is 2.42. The standard InChI is InChI=1S/C17H22F3N3O2/c1-23(10-11-6-2-5-9-14(11)25-17(18,19)20)16(24)15-12-7-3-4-8-13(12)21-22-15/h2,5-6,9,12-13,15,21-22H,3-4,7-8,10H2,1H3. The summed E-state index contributed by atoms with van der Waals surface area (Å²) in [5.74, 6) is -0.170. The van der Waals surface area contributed by atoms with Crippen LogP contribution >= 0.6 is 0 Å². The first kappa shape index (κ1) is 18.0. The molecule has 3 unspecified atom stereocenters. The molecule has 2 fully saturated rings. The van der Waals surface area contributed by atoms with Crippen molar-refractivity contribution in [2.75, 3.05) is 7.05 Å². The van der Waals surface area contributed by atoms with Crippen LogP contribution in [0.1, 0.15) is 31.2 Å². The fourth-order valence-corrected chi connectivity index (χ4v) is 3.72. The second kappa shape index (κ2) is 7.21. The predicted molar refractivity (Wildman–Crippen MR) is 85.4 cm³/mol. The van der Waals surface area contributed by atoms with Crippen LogP contribution < -0.4 is 15.6 Å². The Bertz CT molecular complexity index is 623. The third-order valence-electron chi connectivity index (χ3n) is 4.92. The maximum atomic E-state index is 12.8. The van der Waals surface area contributed by atoms with Crippen molar-refractivity contribution in [3.8, 4) is 5.75 Å². The normalized spacial score (nSPS) is 26.2. The van der Waals surface area contributed by atoms with E-state index in [0.717, 1.165) is 25.7 Å². The number of nitrogens with one attached hydrogen (secondary N) is 2. The Morgan fingerprint density at radius 2 is 1.96 bits per heavy atom. The van der Waals surface area contributed by atoms with Gasteiger partial charge >= 0.3 is 6.36 Å². The molecule has 1 saturated heterocycles. The molecule has 0 spiro atoms. The number of hydrogen-bond acceptors (Lipinski definition) is 4. The molecule has 1 saturated carbocycles. The van der Waals surface area contributed by atoms with Crippen LogP contribution in [0.2, 0.25) is 0 Å². The van der Waals surface area contributed by atoms with E-state index in [-0.39, 0.29) is 36.2 Å². The second-order valence-corrected chi connectivity index (χ2v) is 6.67. The SMILES string of the molecule is CN(Cc1ccccc1OC(F)(F)F)C(=O)C1NNC2CCCCC21. The van der Waals surface area contributed by atoms with Gasteiger partial charge in [-0.3, -0.25) is 10.2 Å². The molecule has 138 valence electrons. The summed E-state index contributed by atoms with van der Waals surface area (Å²) in [6.45, 7) is 0.0562. The first-order chi connectivity index (χ1) is 11.8. The molecule has 0 aromatic heterocycles. The number of amides is 1. The topological polar surface area (TPSA) is 53.6 Å². The summed E-state index contributed by atoms with van der Waals surface area (Å²) in [6, 6.07) is 5.84. The fraction of sp³-hybridized carbons (Fsp3) is 0.588. The average Bonchev–Trinajstić information content (AvgIpc) is 2.98. The van der Waals surface area contributed by atoms with E-state index >= 15 is 0 Å². The summed E-state index contributed by atoms with van der Waals surface area (Å²) in [5, 5.41) is 0. The molecule has 1 aliphatic carbocycles. The van der Waals surface area contributed by atoms with Crippen molar-refractivity contribution in [1.82, 2.24) is 15.8 Å². The Morgan fingerprint density at radius 3 is 2.72 bits per heavy atom. The third-order valence-corrected chi connectivity index (χ3v) is 4.92. The molecule has 5 nitrogen and oxygen atoms in total. The summed E-state index contributed by atoms with van der Waals surface area (Å²) in [7, 11) is 1.60. The Balaban J connectivity index is 1.68. The lowest BCUT2D eigenvalue weighted by molar-refractivity contribution is -0.275. The van der Waals surface area contributed by atoms with E-state index < -0.39 is 6.36 Å². The van der Waals surface area contributed by atoms with Gasteiger partial charge in [-0.1, -0.05) is 31.0 Å². The van der Waals surface area contributed by atoms with E-state index in [1.165, 1.54) is 23.1 Å². The van der Waals surface area contributed by atoms with Gasteiger partial charge in [-0.25, -0.2) is 5.43 Å². The Kier molecular flexibility index (Phi) is 5.19. The molecular formula is C17H22F3N3O2. The molecule has 1 amide bonds. The van der Waals surface area contributed by atoms with Crippen LogP contribution in [0.25, 0.3) is 0 Å². The van der Waals surface area contributed by atoms with Crippen LogP contribution in [0.5, 0.6) is 5.75 Å². The molecule has 1 aromatic rings. The number of likely N-dealkylation sites (N-methyl/N-ethyl adjacent to an activating group) is 1. The Morgan fingerprint density at radius 1 is 1.24 bits per heavy atom. The smallest absolute Gasteiger partial charge is 0.405 e. The van der Waals surface area contributed by atoms with E-state index in [9.17, 15) is 18.0 Å². The van der Waals surface area contributed by atoms with E-state index in [4.69, 9.17) is 0 Å². The number of carbonyl (C=O) groups is 1. The summed E-state index contributed by atoms with van der Waals surface area (Å²) >= 11 is 0. The fourth-order valence-electron chi connectivity index (χ4n) is 3.72. The van der Waals surface area contributed by atoms with Gasteiger partial charge in [-0.15, -0.1) is 13.2 Å². The summed E-state index contributed by atoms with van der Waals surface area (Å²) in [4.78, 5) is 14.2. The summed E-state index contributed by atoms with van der Waals surface area (Å²) in [5.41, 5.74) is 6.57. The number of nitrogens with zero attached hydrogens (tertiary/aromatic N) is 1. The van der Waals surface area contributed by atoms with Crippen LogP contribution in [0.3, 0.4) is 0 Å². The minimum Gasteiger partial charge on any atom is -0.405 e. The number of ether oxygens (including phenoxy) is 1. The zero-order chi connectivity index (χ0) is 18.0. The molecule has 3 atom stereocenters. The van der Waals surface area contributed by atoms with Gasteiger partial charge in [-0.2, -0.15) is 0 Å². The molecule has 3 rings (SSSR count). The molecular weight excluding hydrogens is 335 g/mol. The number of rotatable bonds is 4. The Labute approximate surface area is 144 Å². The van der Waals surface area contributed by atoms with Gasteiger partial charge in [0.1, 0.15) is 11.8 Å². The van der Waals surface area contributed by atoms with Crippen LogP contribution in [0.15, 0.2) is 24.3 Å². The van der Waals surface area contributed by atoms with Gasteiger partial charge < -0.3 is 9.64 Å². The molecule has 1 aromatic carbocycles. The maximum absolute atomic E-state index is 12.8. The number of benzene rings is 1. The number of para-hydroxylation sites is 1. The van der Waals surface area contributed by atoms with Crippen LogP contribution in [-0.2, 0) is 11.3 Å². The minimum atomic E-state index is -4.76. The van der Waals surface area contributed by atoms with Crippen LogP contribution in [0, 0.1) is 5.92 Å². The largest absolute Gasteiger partial charge is 0.573 e. The molecule has 8 heteroatoms. The van der Waals surface area contributed by atoms with Gasteiger partial charge in [-0.05, 0) is 18.9 Å². The highest BCUT2D eigenvalue weighted by Crippen LogP contribution is 2.31. The van der Waals surface area contributed by atoms with E-state index in [1.54, 1.807) is 13.1 Å². The van der Waals surface area contributed by atoms with E-state index in [2.05, 4.69) is 15.6 Å². The van der Waals surface area contributed by atoms with Crippen molar-refractivity contribution >= 4 is 5.91 Å².